The van der Waals surface area contributed by atoms with Gasteiger partial charge in [0.25, 0.3) is 0 Å². The van der Waals surface area contributed by atoms with Gasteiger partial charge in [0.15, 0.2) is 0 Å². The quantitative estimate of drug-likeness (QED) is 0.136. The van der Waals surface area contributed by atoms with E-state index in [0.29, 0.717) is 33.8 Å². The predicted molar refractivity (Wildman–Crippen MR) is 258 cm³/mol. The van der Waals surface area contributed by atoms with Gasteiger partial charge in [-0.1, -0.05) is 96.7 Å². The topological polar surface area (TPSA) is 88.0 Å². The molecule has 0 amide bonds. The highest BCUT2D eigenvalue weighted by Crippen LogP contribution is 2.44. The Balaban J connectivity index is 0.000000149. The SMILES string of the molecule is ClCCN1CCCCC1.Clc1ccnc2oc(-c3ccc(OCCN4CCCCC4)cc3)c(-c3ccccc3)c12.Oc1ccc(-c2oc3nccc(Cl)c3c2-c2ccccc2)cc1. The largest absolute Gasteiger partial charge is 0.508 e. The van der Waals surface area contributed by atoms with Crippen molar-refractivity contribution in [2.45, 2.75) is 38.5 Å². The van der Waals surface area contributed by atoms with Gasteiger partial charge in [0.2, 0.25) is 11.4 Å². The van der Waals surface area contributed by atoms with Gasteiger partial charge in [-0.05, 0) is 124 Å². The normalized spacial score (nSPS) is 14.5. The van der Waals surface area contributed by atoms with E-state index in [2.05, 4.69) is 31.9 Å². The van der Waals surface area contributed by atoms with Crippen molar-refractivity contribution in [3.8, 4) is 56.4 Å². The highest BCUT2D eigenvalue weighted by Gasteiger charge is 2.22. The first-order valence-corrected chi connectivity index (χ1v) is 23.0. The molecule has 0 unspecified atom stereocenters. The van der Waals surface area contributed by atoms with Gasteiger partial charge in [-0.15, -0.1) is 11.6 Å². The summed E-state index contributed by atoms with van der Waals surface area (Å²) >= 11 is 18.5. The van der Waals surface area contributed by atoms with Gasteiger partial charge < -0.3 is 23.6 Å². The van der Waals surface area contributed by atoms with Crippen molar-refractivity contribution in [2.24, 2.45) is 0 Å². The molecule has 324 valence electrons. The molecule has 0 aliphatic carbocycles. The van der Waals surface area contributed by atoms with E-state index >= 15 is 0 Å². The molecule has 2 fully saturated rings. The Bertz CT molecular complexity index is 2660. The zero-order valence-electron chi connectivity index (χ0n) is 35.2. The first kappa shape index (κ1) is 44.3. The molecule has 4 aromatic carbocycles. The molecular weight excluding hydrogens is 851 g/mol. The molecular formula is C52H51Cl3N4O4. The minimum atomic E-state index is 0.210. The summed E-state index contributed by atoms with van der Waals surface area (Å²) in [4.78, 5) is 13.6. The minimum absolute atomic E-state index is 0.210. The lowest BCUT2D eigenvalue weighted by Gasteiger charge is -2.26. The smallest absolute Gasteiger partial charge is 0.228 e. The molecule has 10 rings (SSSR count). The fraction of sp³-hybridized carbons (Fsp3) is 0.269. The highest BCUT2D eigenvalue weighted by atomic mass is 35.5. The number of piperidine rings is 2. The van der Waals surface area contributed by atoms with E-state index in [0.717, 1.165) is 74.6 Å². The molecule has 0 radical (unpaired) electrons. The molecule has 6 heterocycles. The number of alkyl halides is 1. The van der Waals surface area contributed by atoms with Gasteiger partial charge in [0.05, 0.1) is 20.8 Å². The fourth-order valence-corrected chi connectivity index (χ4v) is 8.93. The van der Waals surface area contributed by atoms with Crippen molar-refractivity contribution in [1.29, 1.82) is 0 Å². The first-order chi connectivity index (χ1) is 31.0. The van der Waals surface area contributed by atoms with Crippen molar-refractivity contribution < 1.29 is 18.7 Å². The molecule has 8 nitrogen and oxygen atoms in total. The van der Waals surface area contributed by atoms with Crippen LogP contribution in [0.1, 0.15) is 38.5 Å². The van der Waals surface area contributed by atoms with Crippen molar-refractivity contribution in [2.75, 3.05) is 51.8 Å². The molecule has 2 aliphatic heterocycles. The number of rotatable bonds is 10. The van der Waals surface area contributed by atoms with Crippen molar-refractivity contribution in [1.82, 2.24) is 19.8 Å². The van der Waals surface area contributed by atoms with Crippen molar-refractivity contribution in [3.63, 3.8) is 0 Å². The van der Waals surface area contributed by atoms with Crippen LogP contribution in [0.25, 0.3) is 67.1 Å². The molecule has 0 atom stereocenters. The molecule has 4 aromatic heterocycles. The van der Waals surface area contributed by atoms with Crippen LogP contribution >= 0.6 is 34.8 Å². The maximum absolute atomic E-state index is 9.51. The molecule has 0 bridgehead atoms. The molecule has 2 saturated heterocycles. The van der Waals surface area contributed by atoms with Crippen molar-refractivity contribution in [3.05, 3.63) is 144 Å². The second kappa shape index (κ2) is 21.8. The number of aromatic nitrogens is 2. The number of hydrogen-bond donors (Lipinski definition) is 1. The lowest BCUT2D eigenvalue weighted by atomic mass is 9.99. The standard InChI is InChI=1S/C26H25ClN2O2.C19H12ClNO2.C7H14ClN/c27-22-13-14-28-26-24(22)23(19-7-3-1-4-8-19)25(31-26)20-9-11-21(12-10-20)30-18-17-29-15-5-2-6-16-29;20-15-10-11-21-19-17(15)16(12-4-2-1-3-5-12)18(23-19)13-6-8-14(22)9-7-13;8-4-7-9-5-2-1-3-6-9/h1,3-4,7-14H,2,5-6,15-18H2;1-11,22H;1-7H2. The Labute approximate surface area is 384 Å². The second-order valence-corrected chi connectivity index (χ2v) is 16.9. The lowest BCUT2D eigenvalue weighted by molar-refractivity contribution is 0.183. The Morgan fingerprint density at radius 1 is 0.524 bits per heavy atom. The monoisotopic (exact) mass is 900 g/mol. The van der Waals surface area contributed by atoms with Gasteiger partial charge in [-0.3, -0.25) is 4.90 Å². The lowest BCUT2D eigenvalue weighted by Crippen LogP contribution is -2.33. The predicted octanol–water partition coefficient (Wildman–Crippen LogP) is 13.9. The number of nitrogens with zero attached hydrogens (tertiary/aromatic N) is 4. The minimum Gasteiger partial charge on any atom is -0.508 e. The Morgan fingerprint density at radius 3 is 1.43 bits per heavy atom. The van der Waals surface area contributed by atoms with Crippen LogP contribution in [0.3, 0.4) is 0 Å². The zero-order chi connectivity index (χ0) is 43.4. The number of furan rings is 2. The van der Waals surface area contributed by atoms with Crippen LogP contribution in [0.4, 0.5) is 0 Å². The molecule has 0 spiro atoms. The number of hydrogen-bond acceptors (Lipinski definition) is 8. The molecule has 0 saturated carbocycles. The molecule has 1 N–H and O–H groups in total. The maximum Gasteiger partial charge on any atom is 0.228 e. The number of benzene rings is 4. The van der Waals surface area contributed by atoms with Crippen LogP contribution in [-0.4, -0.2) is 76.6 Å². The van der Waals surface area contributed by atoms with Gasteiger partial charge in [-0.2, -0.15) is 0 Å². The summed E-state index contributed by atoms with van der Waals surface area (Å²) in [5.74, 6) is 3.32. The molecule has 8 aromatic rings. The average molecular weight is 902 g/mol. The number of phenols is 1. The van der Waals surface area contributed by atoms with Crippen LogP contribution in [0.2, 0.25) is 10.0 Å². The average Bonchev–Trinajstić information content (AvgIpc) is 3.93. The summed E-state index contributed by atoms with van der Waals surface area (Å²) < 4.78 is 18.1. The highest BCUT2D eigenvalue weighted by molar-refractivity contribution is 6.37. The zero-order valence-corrected chi connectivity index (χ0v) is 37.5. The molecule has 11 heteroatoms. The Kier molecular flexibility index (Phi) is 15.3. The first-order valence-electron chi connectivity index (χ1n) is 21.7. The van der Waals surface area contributed by atoms with Crippen LogP contribution in [0.15, 0.2) is 143 Å². The third-order valence-electron chi connectivity index (χ3n) is 11.4. The van der Waals surface area contributed by atoms with Crippen LogP contribution in [0, 0.1) is 0 Å². The summed E-state index contributed by atoms with van der Waals surface area (Å²) in [5.41, 5.74) is 6.80. The third kappa shape index (κ3) is 11.1. The van der Waals surface area contributed by atoms with E-state index < -0.39 is 0 Å². The second-order valence-electron chi connectivity index (χ2n) is 15.7. The van der Waals surface area contributed by atoms with E-state index in [-0.39, 0.29) is 5.75 Å². The van der Waals surface area contributed by atoms with Gasteiger partial charge in [0, 0.05) is 53.6 Å². The third-order valence-corrected chi connectivity index (χ3v) is 12.2. The van der Waals surface area contributed by atoms with E-state index in [1.807, 2.05) is 84.9 Å². The number of halogens is 3. The van der Waals surface area contributed by atoms with Gasteiger partial charge in [-0.25, -0.2) is 9.97 Å². The fourth-order valence-electron chi connectivity index (χ4n) is 8.23. The molecule has 63 heavy (non-hydrogen) atoms. The van der Waals surface area contributed by atoms with Crippen LogP contribution in [0.5, 0.6) is 11.5 Å². The number of pyridine rings is 2. The summed E-state index contributed by atoms with van der Waals surface area (Å²) in [6.45, 7) is 7.69. The van der Waals surface area contributed by atoms with E-state index in [1.54, 1.807) is 36.7 Å². The Morgan fingerprint density at radius 2 is 0.968 bits per heavy atom. The number of likely N-dealkylation sites (tertiary alicyclic amines) is 2. The van der Waals surface area contributed by atoms with Crippen LogP contribution in [-0.2, 0) is 0 Å². The van der Waals surface area contributed by atoms with E-state index in [1.165, 1.54) is 64.7 Å². The summed E-state index contributed by atoms with van der Waals surface area (Å²) in [6.07, 6.45) is 11.4. The van der Waals surface area contributed by atoms with E-state index in [9.17, 15) is 5.11 Å². The Hall–Kier alpha value is -5.35. The van der Waals surface area contributed by atoms with Crippen molar-refractivity contribution >= 4 is 57.0 Å². The number of aromatic hydroxyl groups is 1. The van der Waals surface area contributed by atoms with Gasteiger partial charge in [0.1, 0.15) is 29.6 Å². The van der Waals surface area contributed by atoms with E-state index in [4.69, 9.17) is 48.4 Å². The maximum atomic E-state index is 9.51. The van der Waals surface area contributed by atoms with Gasteiger partial charge >= 0.3 is 0 Å². The number of phenolic OH excluding ortho intramolecular Hbond substituents is 1. The summed E-state index contributed by atoms with van der Waals surface area (Å²) in [5, 5.41) is 12.4. The number of ether oxygens (including phenoxy) is 1. The summed E-state index contributed by atoms with van der Waals surface area (Å²) in [7, 11) is 0. The van der Waals surface area contributed by atoms with Crippen LogP contribution < -0.4 is 4.74 Å². The number of fused-ring (bicyclic) bond motifs is 2. The summed E-state index contributed by atoms with van der Waals surface area (Å²) in [6, 6.07) is 38.6. The molecule has 2 aliphatic rings.